The molecule has 0 fully saturated rings. The molecule has 0 aliphatic carbocycles. The molecule has 6 heteroatoms. The molecular formula is C6H13NO3SZn. The normalized spacial score (nSPS) is 11.8. The van der Waals surface area contributed by atoms with Crippen LogP contribution in [-0.4, -0.2) is 41.0 Å². The van der Waals surface area contributed by atoms with Crippen molar-refractivity contribution >= 4 is 17.7 Å². The molecule has 12 heavy (non-hydrogen) atoms. The van der Waals surface area contributed by atoms with E-state index in [1.165, 1.54) is 0 Å². The third kappa shape index (κ3) is 7.04. The van der Waals surface area contributed by atoms with Crippen LogP contribution in [0.5, 0.6) is 0 Å². The zero-order valence-corrected chi connectivity index (χ0v) is 10.9. The van der Waals surface area contributed by atoms with Crippen molar-refractivity contribution in [2.45, 2.75) is 12.5 Å². The summed E-state index contributed by atoms with van der Waals surface area (Å²) in [5.41, 5.74) is 0. The first kappa shape index (κ1) is 14.9. The van der Waals surface area contributed by atoms with Gasteiger partial charge in [-0.05, 0) is 18.4 Å². The second kappa shape index (κ2) is 9.45. The number of aliphatic carboxylic acids is 1. The van der Waals surface area contributed by atoms with Crippen LogP contribution < -0.4 is 5.32 Å². The fourth-order valence-corrected chi connectivity index (χ4v) is 1.13. The SMILES string of the molecule is CSCCC(NCO)C(=O)O.[Zn]. The van der Waals surface area contributed by atoms with Gasteiger partial charge >= 0.3 is 5.97 Å². The molecule has 0 aliphatic rings. The molecule has 0 radical (unpaired) electrons. The molecule has 0 amide bonds. The first-order chi connectivity index (χ1) is 5.22. The number of hydrogen-bond donors (Lipinski definition) is 3. The molecule has 0 bridgehead atoms. The van der Waals surface area contributed by atoms with Crippen molar-refractivity contribution in [2.75, 3.05) is 18.7 Å². The Morgan fingerprint density at radius 1 is 1.67 bits per heavy atom. The molecule has 0 saturated heterocycles. The fourth-order valence-electron chi connectivity index (χ4n) is 0.659. The van der Waals surface area contributed by atoms with Crippen molar-refractivity contribution in [2.24, 2.45) is 0 Å². The summed E-state index contributed by atoms with van der Waals surface area (Å²) in [5, 5.41) is 19.4. The van der Waals surface area contributed by atoms with Gasteiger partial charge in [0.1, 0.15) is 6.04 Å². The van der Waals surface area contributed by atoms with Gasteiger partial charge in [-0.15, -0.1) is 0 Å². The second-order valence-corrected chi connectivity index (χ2v) is 3.02. The van der Waals surface area contributed by atoms with Crippen LogP contribution in [0.4, 0.5) is 0 Å². The number of hydrogen-bond acceptors (Lipinski definition) is 4. The summed E-state index contributed by atoms with van der Waals surface area (Å²) in [6.45, 7) is -0.286. The Labute approximate surface area is 88.9 Å². The molecule has 0 rings (SSSR count). The quantitative estimate of drug-likeness (QED) is 0.443. The molecule has 0 aromatic carbocycles. The van der Waals surface area contributed by atoms with E-state index in [1.807, 2.05) is 6.26 Å². The third-order valence-corrected chi connectivity index (χ3v) is 1.89. The molecule has 0 aromatic rings. The molecule has 0 aromatic heterocycles. The van der Waals surface area contributed by atoms with E-state index >= 15 is 0 Å². The Morgan fingerprint density at radius 3 is 2.58 bits per heavy atom. The molecule has 0 spiro atoms. The van der Waals surface area contributed by atoms with Gasteiger partial charge in [-0.25, -0.2) is 0 Å². The van der Waals surface area contributed by atoms with Crippen LogP contribution in [0, 0.1) is 0 Å². The Kier molecular flexibility index (Phi) is 11.7. The number of carbonyl (C=O) groups is 1. The second-order valence-electron chi connectivity index (χ2n) is 2.03. The number of rotatable bonds is 6. The number of aliphatic hydroxyl groups excluding tert-OH is 1. The van der Waals surface area contributed by atoms with Crippen molar-refractivity contribution in [3.63, 3.8) is 0 Å². The standard InChI is InChI=1S/C6H13NO3S.Zn/c1-11-3-2-5(6(9)10)7-4-8;/h5,7-8H,2-4H2,1H3,(H,9,10);. The third-order valence-electron chi connectivity index (χ3n) is 1.25. The van der Waals surface area contributed by atoms with Crippen molar-refractivity contribution in [3.8, 4) is 0 Å². The van der Waals surface area contributed by atoms with Gasteiger partial charge in [-0.1, -0.05) is 0 Å². The monoisotopic (exact) mass is 243 g/mol. The Bertz CT molecular complexity index is 125. The average molecular weight is 245 g/mol. The summed E-state index contributed by atoms with van der Waals surface area (Å²) >= 11 is 1.59. The summed E-state index contributed by atoms with van der Waals surface area (Å²) in [7, 11) is 0. The van der Waals surface area contributed by atoms with Crippen molar-refractivity contribution in [1.29, 1.82) is 0 Å². The minimum atomic E-state index is -0.909. The first-order valence-corrected chi connectivity index (χ1v) is 4.67. The first-order valence-electron chi connectivity index (χ1n) is 3.28. The minimum Gasteiger partial charge on any atom is -0.480 e. The smallest absolute Gasteiger partial charge is 0.320 e. The zero-order valence-electron chi connectivity index (χ0n) is 7.12. The fraction of sp³-hybridized carbons (Fsp3) is 0.833. The summed E-state index contributed by atoms with van der Waals surface area (Å²) < 4.78 is 0. The van der Waals surface area contributed by atoms with Gasteiger partial charge < -0.3 is 10.2 Å². The predicted octanol–water partition coefficient (Wildman–Crippen LogP) is -0.270. The molecule has 0 saturated carbocycles. The molecule has 4 nitrogen and oxygen atoms in total. The van der Waals surface area contributed by atoms with Crippen LogP contribution in [0.25, 0.3) is 0 Å². The van der Waals surface area contributed by atoms with Crippen molar-refractivity contribution in [3.05, 3.63) is 0 Å². The summed E-state index contributed by atoms with van der Waals surface area (Å²) in [5.74, 6) is -0.127. The summed E-state index contributed by atoms with van der Waals surface area (Å²) in [4.78, 5) is 10.4. The maximum Gasteiger partial charge on any atom is 0.320 e. The van der Waals surface area contributed by atoms with E-state index in [-0.39, 0.29) is 26.2 Å². The van der Waals surface area contributed by atoms with E-state index in [9.17, 15) is 4.79 Å². The molecule has 1 unspecified atom stereocenters. The van der Waals surface area contributed by atoms with Gasteiger partial charge in [0.05, 0.1) is 6.73 Å². The van der Waals surface area contributed by atoms with Gasteiger partial charge in [-0.2, -0.15) is 11.8 Å². The van der Waals surface area contributed by atoms with E-state index in [2.05, 4.69) is 5.32 Å². The molecule has 68 valence electrons. The van der Waals surface area contributed by atoms with Gasteiger partial charge in [-0.3, -0.25) is 10.1 Å². The average Bonchev–Trinajstić information content (AvgIpc) is 1.97. The van der Waals surface area contributed by atoms with Crippen molar-refractivity contribution in [1.82, 2.24) is 5.32 Å². The van der Waals surface area contributed by atoms with E-state index < -0.39 is 12.0 Å². The van der Waals surface area contributed by atoms with Crippen LogP contribution in [-0.2, 0) is 24.3 Å². The molecule has 1 atom stereocenters. The number of aliphatic hydroxyl groups is 1. The van der Waals surface area contributed by atoms with Crippen LogP contribution in [0.1, 0.15) is 6.42 Å². The molecule has 0 heterocycles. The van der Waals surface area contributed by atoms with Crippen LogP contribution in [0.3, 0.4) is 0 Å². The topological polar surface area (TPSA) is 69.6 Å². The zero-order chi connectivity index (χ0) is 8.69. The van der Waals surface area contributed by atoms with Gasteiger partial charge in [0, 0.05) is 19.5 Å². The van der Waals surface area contributed by atoms with Gasteiger partial charge in [0.25, 0.3) is 0 Å². The largest absolute Gasteiger partial charge is 0.480 e. The summed E-state index contributed by atoms with van der Waals surface area (Å²) in [6.07, 6.45) is 2.45. The number of carboxylic acid groups (broad SMARTS) is 1. The summed E-state index contributed by atoms with van der Waals surface area (Å²) in [6, 6.07) is -0.618. The number of carboxylic acids is 1. The maximum absolute atomic E-state index is 10.4. The van der Waals surface area contributed by atoms with Crippen LogP contribution in [0.2, 0.25) is 0 Å². The van der Waals surface area contributed by atoms with Gasteiger partial charge in [0.15, 0.2) is 0 Å². The van der Waals surface area contributed by atoms with E-state index in [0.29, 0.717) is 6.42 Å². The number of thioether (sulfide) groups is 1. The van der Waals surface area contributed by atoms with Crippen LogP contribution in [0.15, 0.2) is 0 Å². The molecular weight excluding hydrogens is 232 g/mol. The predicted molar refractivity (Wildman–Crippen MR) is 44.6 cm³/mol. The molecule has 3 N–H and O–H groups in total. The van der Waals surface area contributed by atoms with E-state index in [4.69, 9.17) is 10.2 Å². The van der Waals surface area contributed by atoms with E-state index in [0.717, 1.165) is 5.75 Å². The Hall–Kier alpha value is 0.363. The molecule has 0 aliphatic heterocycles. The van der Waals surface area contributed by atoms with Crippen molar-refractivity contribution < 1.29 is 34.5 Å². The van der Waals surface area contributed by atoms with Gasteiger partial charge in [0.2, 0.25) is 0 Å². The van der Waals surface area contributed by atoms with E-state index in [1.54, 1.807) is 11.8 Å². The Balaban J connectivity index is 0. The Morgan fingerprint density at radius 2 is 2.25 bits per heavy atom. The van der Waals surface area contributed by atoms with Crippen LogP contribution >= 0.6 is 11.8 Å². The maximum atomic E-state index is 10.4. The number of nitrogens with one attached hydrogen (secondary N) is 1. The minimum absolute atomic E-state index is 0.